The molecule has 3 heteroatoms. The Morgan fingerprint density at radius 3 is 2.00 bits per heavy atom. The number of hydrogen-bond donors (Lipinski definition) is 0. The van der Waals surface area contributed by atoms with Crippen LogP contribution >= 0.6 is 0 Å². The summed E-state index contributed by atoms with van der Waals surface area (Å²) in [6, 6.07) is 0. The molecule has 0 saturated heterocycles. The van der Waals surface area contributed by atoms with Crippen LogP contribution in [-0.4, -0.2) is 0 Å². The van der Waals surface area contributed by atoms with Gasteiger partial charge in [0.2, 0.25) is 0 Å². The zero-order valence-electron chi connectivity index (χ0n) is 14.1. The van der Waals surface area contributed by atoms with Gasteiger partial charge in [0, 0.05) is 0 Å². The van der Waals surface area contributed by atoms with Crippen molar-refractivity contribution in [3.63, 3.8) is 0 Å². The summed E-state index contributed by atoms with van der Waals surface area (Å²) < 4.78 is 0. The monoisotopic (exact) mass is 382 g/mol. The van der Waals surface area contributed by atoms with E-state index < -0.39 is 0 Å². The van der Waals surface area contributed by atoms with E-state index in [0.717, 1.165) is 12.3 Å². The van der Waals surface area contributed by atoms with Crippen LogP contribution in [0.3, 0.4) is 0 Å². The minimum absolute atomic E-state index is 0. The molecule has 0 aromatic carbocycles. The molecule has 0 aromatic heterocycles. The fourth-order valence-corrected chi connectivity index (χ4v) is 3.50. The molecule has 1 unspecified atom stereocenters. The van der Waals surface area contributed by atoms with Crippen molar-refractivity contribution in [2.45, 2.75) is 59.8 Å². The van der Waals surface area contributed by atoms with Crippen LogP contribution in [0.2, 0.25) is 0 Å². The Morgan fingerprint density at radius 2 is 1.68 bits per heavy atom. The minimum Gasteiger partial charge on any atom is -1.00 e. The molecule has 0 heterocycles. The van der Waals surface area contributed by atoms with Gasteiger partial charge < -0.3 is 9.41 Å². The van der Waals surface area contributed by atoms with Crippen LogP contribution in [0.25, 0.3) is 0 Å². The number of rotatable bonds is 1. The predicted octanol–water partition coefficient (Wildman–Crippen LogP) is -0.406. The third-order valence-electron chi connectivity index (χ3n) is 5.11. The Kier molecular flexibility index (Phi) is 11.4. The normalized spacial score (nSPS) is 25.7. The molecule has 22 heavy (non-hydrogen) atoms. The van der Waals surface area contributed by atoms with Crippen molar-refractivity contribution in [1.82, 2.24) is 0 Å². The van der Waals surface area contributed by atoms with E-state index in [0.29, 0.717) is 0 Å². The molecule has 1 fully saturated rings. The van der Waals surface area contributed by atoms with Gasteiger partial charge in [-0.2, -0.15) is 17.2 Å². The van der Waals surface area contributed by atoms with Crippen LogP contribution in [0, 0.1) is 23.5 Å². The molecule has 0 N–H and O–H groups in total. The molecule has 1 saturated carbocycles. The summed E-state index contributed by atoms with van der Waals surface area (Å²) in [7, 11) is 0. The van der Waals surface area contributed by atoms with E-state index >= 15 is 0 Å². The van der Waals surface area contributed by atoms with E-state index in [1.165, 1.54) is 36.8 Å². The average molecular weight is 384 g/mol. The average Bonchev–Trinajstić information content (AvgIpc) is 3.12. The van der Waals surface area contributed by atoms with E-state index in [9.17, 15) is 0 Å². The molecular weight excluding hydrogens is 357 g/mol. The molecular formula is C19H26F2Zr. The van der Waals surface area contributed by atoms with Crippen LogP contribution in [0.1, 0.15) is 59.8 Å². The molecule has 3 rings (SSSR count). The molecule has 0 radical (unpaired) electrons. The quantitative estimate of drug-likeness (QED) is 0.540. The zero-order valence-corrected chi connectivity index (χ0v) is 16.6. The fourth-order valence-electron chi connectivity index (χ4n) is 3.50. The maximum atomic E-state index is 3.71. The van der Waals surface area contributed by atoms with Crippen LogP contribution in [0.4, 0.5) is 0 Å². The predicted molar refractivity (Wildman–Crippen MR) is 82.4 cm³/mol. The van der Waals surface area contributed by atoms with Crippen molar-refractivity contribution in [1.29, 1.82) is 0 Å². The van der Waals surface area contributed by atoms with Crippen molar-refractivity contribution < 1.29 is 35.6 Å². The van der Waals surface area contributed by atoms with Crippen LogP contribution in [-0.2, 0) is 26.2 Å². The maximum absolute atomic E-state index is 3.71. The van der Waals surface area contributed by atoms with Gasteiger partial charge in [-0.3, -0.25) is 12.2 Å². The second-order valence-corrected chi connectivity index (χ2v) is 6.19. The molecule has 1 atom stereocenters. The Morgan fingerprint density at radius 1 is 1.09 bits per heavy atom. The van der Waals surface area contributed by atoms with Gasteiger partial charge in [-0.25, -0.2) is 17.7 Å². The standard InChI is InChI=1S/C14H21.C5H5.2FH.Zr/c1-10-9-14(4,12(3)11(10)2)13-7-5-6-8-13;1-2-4-5-3-1;;;/h13H,5-8H2,1-4H3;1-3H,4H2;2*1H;/q2*-1;;;+4/p-2. The van der Waals surface area contributed by atoms with Crippen molar-refractivity contribution in [3.05, 3.63) is 47.1 Å². The van der Waals surface area contributed by atoms with E-state index in [-0.39, 0.29) is 41.0 Å². The molecule has 3 aliphatic carbocycles. The topological polar surface area (TPSA) is 0 Å². The molecule has 0 nitrogen and oxygen atoms in total. The first kappa shape index (κ1) is 24.0. The van der Waals surface area contributed by atoms with Crippen molar-refractivity contribution in [2.75, 3.05) is 0 Å². The van der Waals surface area contributed by atoms with Gasteiger partial charge in [0.05, 0.1) is 0 Å². The Bertz CT molecular complexity index is 444. The summed E-state index contributed by atoms with van der Waals surface area (Å²) in [6.07, 6.45) is 19.4. The first-order chi connectivity index (χ1) is 9.05. The summed E-state index contributed by atoms with van der Waals surface area (Å²) in [5.74, 6) is 0.856. The second kappa shape index (κ2) is 10.5. The van der Waals surface area contributed by atoms with Gasteiger partial charge >= 0.3 is 26.2 Å². The van der Waals surface area contributed by atoms with Gasteiger partial charge in [0.25, 0.3) is 0 Å². The molecule has 0 spiro atoms. The summed E-state index contributed by atoms with van der Waals surface area (Å²) in [5, 5.41) is 0. The Labute approximate surface area is 153 Å². The van der Waals surface area contributed by atoms with E-state index in [2.05, 4.69) is 45.9 Å². The van der Waals surface area contributed by atoms with Crippen molar-refractivity contribution in [2.24, 2.45) is 11.3 Å². The first-order valence-electron chi connectivity index (χ1n) is 7.57. The van der Waals surface area contributed by atoms with Gasteiger partial charge in [0.1, 0.15) is 0 Å². The minimum atomic E-state index is 0. The molecule has 0 amide bonds. The van der Waals surface area contributed by atoms with Crippen molar-refractivity contribution >= 4 is 0 Å². The van der Waals surface area contributed by atoms with Crippen LogP contribution in [0.5, 0.6) is 0 Å². The molecule has 0 aliphatic heterocycles. The van der Waals surface area contributed by atoms with Gasteiger partial charge in [0.15, 0.2) is 0 Å². The molecule has 3 aliphatic rings. The zero-order chi connectivity index (χ0) is 13.9. The molecule has 0 bridgehead atoms. The van der Waals surface area contributed by atoms with Crippen LogP contribution < -0.4 is 9.41 Å². The third-order valence-corrected chi connectivity index (χ3v) is 5.11. The second-order valence-electron chi connectivity index (χ2n) is 6.19. The van der Waals surface area contributed by atoms with E-state index in [1.54, 1.807) is 5.57 Å². The van der Waals surface area contributed by atoms with Gasteiger partial charge in [-0.05, 0) is 5.92 Å². The van der Waals surface area contributed by atoms with Crippen LogP contribution in [0.15, 0.2) is 34.9 Å². The number of halogens is 2. The number of hydrogen-bond acceptors (Lipinski definition) is 0. The van der Waals surface area contributed by atoms with Gasteiger partial charge in [-0.1, -0.05) is 51.9 Å². The fraction of sp³-hybridized carbons (Fsp3) is 0.579. The molecule has 0 aromatic rings. The summed E-state index contributed by atoms with van der Waals surface area (Å²) in [4.78, 5) is 0. The summed E-state index contributed by atoms with van der Waals surface area (Å²) >= 11 is 0. The Balaban J connectivity index is 0. The van der Waals surface area contributed by atoms with Gasteiger partial charge in [-0.15, -0.1) is 13.3 Å². The maximum Gasteiger partial charge on any atom is 4.00 e. The largest absolute Gasteiger partial charge is 4.00 e. The summed E-state index contributed by atoms with van der Waals surface area (Å²) in [5.41, 5.74) is 4.71. The van der Waals surface area contributed by atoms with E-state index in [1.807, 2.05) is 12.2 Å². The molecule has 120 valence electrons. The van der Waals surface area contributed by atoms with Crippen molar-refractivity contribution in [3.8, 4) is 0 Å². The third kappa shape index (κ3) is 5.12. The Hall–Kier alpha value is -0.297. The summed E-state index contributed by atoms with van der Waals surface area (Å²) in [6.45, 7) is 9.15. The smallest absolute Gasteiger partial charge is 1.00 e. The first-order valence-corrected chi connectivity index (χ1v) is 7.57. The SMILES string of the molecule is CC1=[C-]C(C)(C2CCCC2)C(C)=C1C.[C-]1=CC=CC1.[F-].[F-].[Zr+4]. The van der Waals surface area contributed by atoms with E-state index in [4.69, 9.17) is 0 Å². The number of allylic oxidation sites excluding steroid dienone is 8.